The van der Waals surface area contributed by atoms with Crippen molar-refractivity contribution >= 4 is 17.4 Å². The Morgan fingerprint density at radius 3 is 2.48 bits per heavy atom. The lowest BCUT2D eigenvalue weighted by Gasteiger charge is -2.47. The first-order valence-corrected chi connectivity index (χ1v) is 10.5. The summed E-state index contributed by atoms with van der Waals surface area (Å²) in [6, 6.07) is 25.1. The Kier molecular flexibility index (Phi) is 3.72. The predicted octanol–water partition coefficient (Wildman–Crippen LogP) is 3.82. The van der Waals surface area contributed by atoms with E-state index >= 15 is 0 Å². The highest BCUT2D eigenvalue weighted by atomic mass is 16.5. The molecule has 3 aromatic rings. The van der Waals surface area contributed by atoms with E-state index < -0.39 is 11.0 Å². The summed E-state index contributed by atoms with van der Waals surface area (Å²) in [6.45, 7) is 0.720. The highest BCUT2D eigenvalue weighted by Crippen LogP contribution is 2.64. The van der Waals surface area contributed by atoms with Gasteiger partial charge in [-0.05, 0) is 30.8 Å². The third-order valence-electron chi connectivity index (χ3n) is 7.36. The van der Waals surface area contributed by atoms with Crippen LogP contribution in [0.15, 0.2) is 78.9 Å². The van der Waals surface area contributed by atoms with Crippen LogP contribution in [0.1, 0.15) is 27.4 Å². The number of amides is 1. The number of nitrogens with one attached hydrogen (secondary N) is 1. The molecule has 3 aliphatic heterocycles. The maximum absolute atomic E-state index is 14.4. The van der Waals surface area contributed by atoms with Crippen LogP contribution in [-0.4, -0.2) is 36.8 Å². The van der Waals surface area contributed by atoms with Crippen LogP contribution in [0, 0.1) is 5.41 Å². The van der Waals surface area contributed by atoms with Crippen LogP contribution in [0.5, 0.6) is 5.75 Å². The quantitative estimate of drug-likeness (QED) is 0.663. The van der Waals surface area contributed by atoms with Crippen molar-refractivity contribution in [2.24, 2.45) is 5.41 Å². The maximum Gasteiger partial charge on any atom is 0.250 e. The van der Waals surface area contributed by atoms with E-state index in [0.29, 0.717) is 17.9 Å². The van der Waals surface area contributed by atoms with Crippen molar-refractivity contribution in [2.45, 2.75) is 11.5 Å². The first kappa shape index (κ1) is 18.3. The summed E-state index contributed by atoms with van der Waals surface area (Å²) in [5.41, 5.74) is 0.959. The van der Waals surface area contributed by atoms with Gasteiger partial charge in [-0.15, -0.1) is 0 Å². The maximum atomic E-state index is 14.4. The molecule has 1 amide bonds. The van der Waals surface area contributed by atoms with Gasteiger partial charge in [-0.1, -0.05) is 60.7 Å². The van der Waals surface area contributed by atoms with Crippen LogP contribution in [-0.2, 0) is 10.3 Å². The van der Waals surface area contributed by atoms with Gasteiger partial charge >= 0.3 is 0 Å². The largest absolute Gasteiger partial charge is 0.492 e. The monoisotopic (exact) mass is 410 g/mol. The molecule has 0 saturated carbocycles. The number of ether oxygens (including phenoxy) is 1. The van der Waals surface area contributed by atoms with E-state index in [1.165, 1.54) is 0 Å². The Morgan fingerprint density at radius 2 is 1.65 bits per heavy atom. The molecule has 0 bridgehead atoms. The van der Waals surface area contributed by atoms with E-state index in [-0.39, 0.29) is 24.2 Å². The Morgan fingerprint density at radius 1 is 0.935 bits per heavy atom. The molecule has 0 aromatic heterocycles. The Bertz CT molecular complexity index is 1220. The van der Waals surface area contributed by atoms with Gasteiger partial charge in [0.25, 0.3) is 5.91 Å². The van der Waals surface area contributed by atoms with E-state index in [2.05, 4.69) is 10.2 Å². The average molecular weight is 410 g/mol. The van der Waals surface area contributed by atoms with Crippen molar-refractivity contribution in [2.75, 3.05) is 25.5 Å². The lowest BCUT2D eigenvalue weighted by atomic mass is 9.57. The Hall–Kier alpha value is -3.44. The summed E-state index contributed by atoms with van der Waals surface area (Å²) >= 11 is 0. The van der Waals surface area contributed by atoms with Gasteiger partial charge in [0.1, 0.15) is 23.3 Å². The summed E-state index contributed by atoms with van der Waals surface area (Å²) in [5.74, 6) is 0.197. The number of para-hydroxylation sites is 2. The average Bonchev–Trinajstić information content (AvgIpc) is 3.25. The van der Waals surface area contributed by atoms with Crippen molar-refractivity contribution in [3.8, 4) is 5.75 Å². The molecule has 5 heteroatoms. The minimum absolute atomic E-state index is 0.0283. The standard InChI is InChI=1S/C26H22N2O3/c1-28-15-20(17-9-3-2-4-10-17)25(16-31-22-14-8-5-11-18(22)23(25)29)26(28)19-12-6-7-13-21(19)27-24(26)30/h2-14,20H,15-16H2,1H3,(H,27,30)/t20-,25+,26+/m1/s1. The molecule has 1 saturated heterocycles. The molecule has 3 heterocycles. The van der Waals surface area contributed by atoms with Crippen molar-refractivity contribution < 1.29 is 14.3 Å². The number of likely N-dealkylation sites (tertiary alicyclic amines) is 1. The molecule has 0 aliphatic carbocycles. The molecular weight excluding hydrogens is 388 g/mol. The number of carbonyl (C=O) groups excluding carboxylic acids is 2. The Balaban J connectivity index is 1.68. The van der Waals surface area contributed by atoms with Gasteiger partial charge in [0, 0.05) is 23.7 Å². The molecule has 3 aromatic carbocycles. The smallest absolute Gasteiger partial charge is 0.250 e. The van der Waals surface area contributed by atoms with Crippen molar-refractivity contribution in [1.82, 2.24) is 4.90 Å². The fourth-order valence-corrected chi connectivity index (χ4v) is 6.10. The molecule has 0 radical (unpaired) electrons. The van der Waals surface area contributed by atoms with Crippen LogP contribution < -0.4 is 10.1 Å². The molecule has 6 rings (SSSR count). The number of Topliss-reactive ketones (excluding diaryl/α,β-unsaturated/α-hetero) is 1. The SMILES string of the molecule is CN1C[C@H](c2ccccc2)[C@]2(COc3ccccc3C2=O)[C@]12C(=O)Nc1ccccc12. The van der Waals surface area contributed by atoms with Gasteiger partial charge in [0.05, 0.1) is 5.56 Å². The number of anilines is 1. The zero-order valence-electron chi connectivity index (χ0n) is 17.2. The van der Waals surface area contributed by atoms with Crippen LogP contribution >= 0.6 is 0 Å². The third kappa shape index (κ3) is 2.09. The van der Waals surface area contributed by atoms with Crippen LogP contribution in [0.25, 0.3) is 0 Å². The molecule has 5 nitrogen and oxygen atoms in total. The van der Waals surface area contributed by atoms with Gasteiger partial charge in [-0.2, -0.15) is 0 Å². The van der Waals surface area contributed by atoms with Crippen molar-refractivity contribution in [1.29, 1.82) is 0 Å². The van der Waals surface area contributed by atoms with Crippen LogP contribution in [0.2, 0.25) is 0 Å². The highest BCUT2D eigenvalue weighted by Gasteiger charge is 2.75. The number of hydrogen-bond donors (Lipinski definition) is 1. The topological polar surface area (TPSA) is 58.6 Å². The number of rotatable bonds is 1. The number of benzene rings is 3. The van der Waals surface area contributed by atoms with Crippen LogP contribution in [0.4, 0.5) is 5.69 Å². The van der Waals surface area contributed by atoms with E-state index in [0.717, 1.165) is 16.8 Å². The first-order valence-electron chi connectivity index (χ1n) is 10.5. The van der Waals surface area contributed by atoms with Gasteiger partial charge in [0.2, 0.25) is 0 Å². The van der Waals surface area contributed by atoms with E-state index in [1.54, 1.807) is 0 Å². The fourth-order valence-electron chi connectivity index (χ4n) is 6.10. The molecule has 154 valence electrons. The number of nitrogens with zero attached hydrogens (tertiary/aromatic N) is 1. The number of fused-ring (bicyclic) bond motifs is 4. The summed E-state index contributed by atoms with van der Waals surface area (Å²) < 4.78 is 6.25. The third-order valence-corrected chi connectivity index (χ3v) is 7.36. The first-order chi connectivity index (χ1) is 15.1. The van der Waals surface area contributed by atoms with Crippen molar-refractivity contribution in [3.05, 3.63) is 95.6 Å². The molecule has 3 atom stereocenters. The lowest BCUT2D eigenvalue weighted by molar-refractivity contribution is -0.131. The summed E-state index contributed by atoms with van der Waals surface area (Å²) in [6.07, 6.45) is 0. The van der Waals surface area contributed by atoms with Gasteiger partial charge in [0.15, 0.2) is 5.78 Å². The normalized spacial score (nSPS) is 29.0. The summed E-state index contributed by atoms with van der Waals surface area (Å²) in [4.78, 5) is 30.3. The molecule has 3 aliphatic rings. The second-order valence-corrected chi connectivity index (χ2v) is 8.64. The Labute approximate surface area is 180 Å². The van der Waals surface area contributed by atoms with Crippen LogP contribution in [0.3, 0.4) is 0 Å². The fraction of sp³-hybridized carbons (Fsp3) is 0.231. The lowest BCUT2D eigenvalue weighted by Crippen LogP contribution is -2.62. The predicted molar refractivity (Wildman–Crippen MR) is 117 cm³/mol. The number of hydrogen-bond acceptors (Lipinski definition) is 4. The second-order valence-electron chi connectivity index (χ2n) is 8.64. The summed E-state index contributed by atoms with van der Waals surface area (Å²) in [5, 5.41) is 3.06. The molecule has 2 spiro atoms. The zero-order chi connectivity index (χ0) is 21.2. The molecule has 1 fully saturated rings. The number of likely N-dealkylation sites (N-methyl/N-ethyl adjacent to an activating group) is 1. The zero-order valence-corrected chi connectivity index (χ0v) is 17.2. The molecule has 31 heavy (non-hydrogen) atoms. The molecule has 0 unspecified atom stereocenters. The molecular formula is C26H22N2O3. The van der Waals surface area contributed by atoms with Gasteiger partial charge < -0.3 is 10.1 Å². The van der Waals surface area contributed by atoms with Crippen molar-refractivity contribution in [3.63, 3.8) is 0 Å². The highest BCUT2D eigenvalue weighted by molar-refractivity contribution is 6.15. The number of carbonyl (C=O) groups is 2. The minimum atomic E-state index is -1.14. The second kappa shape index (κ2) is 6.28. The summed E-state index contributed by atoms with van der Waals surface area (Å²) in [7, 11) is 1.94. The van der Waals surface area contributed by atoms with E-state index in [4.69, 9.17) is 4.74 Å². The minimum Gasteiger partial charge on any atom is -0.492 e. The van der Waals surface area contributed by atoms with E-state index in [9.17, 15) is 9.59 Å². The molecule has 1 N–H and O–H groups in total. The van der Waals surface area contributed by atoms with Gasteiger partial charge in [-0.25, -0.2) is 0 Å². The van der Waals surface area contributed by atoms with Gasteiger partial charge in [-0.3, -0.25) is 14.5 Å². The number of ketones is 1. The van der Waals surface area contributed by atoms with E-state index in [1.807, 2.05) is 85.9 Å².